The van der Waals surface area contributed by atoms with Gasteiger partial charge in [-0.2, -0.15) is 0 Å². The van der Waals surface area contributed by atoms with Crippen molar-refractivity contribution < 1.29 is 0 Å². The van der Waals surface area contributed by atoms with Crippen molar-refractivity contribution in [2.24, 2.45) is 0 Å². The maximum Gasteiger partial charge on any atom is -0.000741 e. The van der Waals surface area contributed by atoms with E-state index in [1.54, 1.807) is 0 Å². The van der Waals surface area contributed by atoms with Gasteiger partial charge in [0.1, 0.15) is 0 Å². The summed E-state index contributed by atoms with van der Waals surface area (Å²) in [6, 6.07) is 83.4. The zero-order chi connectivity index (χ0) is 38.9. The van der Waals surface area contributed by atoms with Gasteiger partial charge in [0.05, 0.1) is 0 Å². The van der Waals surface area contributed by atoms with E-state index in [4.69, 9.17) is 0 Å². The average molecular weight is 765 g/mol. The van der Waals surface area contributed by atoms with Crippen LogP contribution in [0.1, 0.15) is 0 Å². The molecule has 1 heteroatoms. The van der Waals surface area contributed by atoms with E-state index in [-0.39, 0.29) is 0 Å². The minimum absolute atomic E-state index is 0.673. The van der Waals surface area contributed by atoms with Gasteiger partial charge >= 0.3 is 0 Å². The number of fused-ring (bicyclic) bond motifs is 7. The first-order valence-electron chi connectivity index (χ1n) is 20.4. The molecule has 59 heavy (non-hydrogen) atoms. The zero-order valence-electron chi connectivity index (χ0n) is 32.3. The maximum atomic E-state index is 2.42. The highest BCUT2D eigenvalue weighted by Crippen LogP contribution is 2.58. The summed E-state index contributed by atoms with van der Waals surface area (Å²) in [5.74, 6) is 0. The van der Waals surface area contributed by atoms with E-state index in [2.05, 4.69) is 224 Å². The van der Waals surface area contributed by atoms with Crippen molar-refractivity contribution in [3.8, 4) is 55.6 Å². The van der Waals surface area contributed by atoms with Gasteiger partial charge in [0.2, 0.25) is 0 Å². The Morgan fingerprint density at radius 2 is 0.712 bits per heavy atom. The molecule has 1 aliphatic rings. The minimum atomic E-state index is -0.673. The highest BCUT2D eigenvalue weighted by Gasteiger charge is 2.31. The molecule has 1 aliphatic carbocycles. The maximum absolute atomic E-state index is 2.42. The number of hydrogen-bond acceptors (Lipinski definition) is 0. The van der Waals surface area contributed by atoms with Gasteiger partial charge in [-0.1, -0.05) is 212 Å². The Balaban J connectivity index is 1.03. The summed E-state index contributed by atoms with van der Waals surface area (Å²) < 4.78 is 0. The topological polar surface area (TPSA) is 0 Å². The second-order valence-corrected chi connectivity index (χ2v) is 17.8. The van der Waals surface area contributed by atoms with Crippen LogP contribution in [0.25, 0.3) is 98.7 Å². The molecule has 0 spiro atoms. The van der Waals surface area contributed by atoms with Crippen molar-refractivity contribution >= 4 is 66.9 Å². The van der Waals surface area contributed by atoms with Crippen LogP contribution in [0.5, 0.6) is 0 Å². The number of hydrogen-bond donors (Lipinski definition) is 0. The van der Waals surface area contributed by atoms with E-state index in [1.165, 1.54) is 115 Å². The first-order chi connectivity index (χ1) is 29.3. The molecule has 0 aromatic heterocycles. The van der Waals surface area contributed by atoms with Gasteiger partial charge < -0.3 is 0 Å². The zero-order valence-corrected chi connectivity index (χ0v) is 33.2. The van der Waals surface area contributed by atoms with Crippen molar-refractivity contribution in [1.29, 1.82) is 0 Å². The van der Waals surface area contributed by atoms with Gasteiger partial charge in [0.25, 0.3) is 0 Å². The molecule has 0 radical (unpaired) electrons. The first-order valence-corrected chi connectivity index (χ1v) is 21.8. The second-order valence-electron chi connectivity index (χ2n) is 15.6. The summed E-state index contributed by atoms with van der Waals surface area (Å²) in [6.45, 7) is 0. The Labute approximate surface area is 345 Å². The molecule has 0 amide bonds. The third kappa shape index (κ3) is 5.41. The molecule has 0 bridgehead atoms. The largest absolute Gasteiger partial charge is 0.0622 e. The molecule has 0 saturated heterocycles. The SMILES string of the molecule is c1ccc(-c2c3c(c(-c4ccccc4)c4ccccc24)-c2ccc(-c4ccc5c(ccc6cc(P(c7ccccc7)c7ccccc7)ccc65)c4)c4cccc-3c24)cc1. The Kier molecular flexibility index (Phi) is 7.93. The Morgan fingerprint density at radius 3 is 1.31 bits per heavy atom. The number of rotatable bonds is 6. The second kappa shape index (κ2) is 13.8. The van der Waals surface area contributed by atoms with Crippen molar-refractivity contribution in [3.63, 3.8) is 0 Å². The molecule has 0 aliphatic heterocycles. The van der Waals surface area contributed by atoms with Crippen molar-refractivity contribution in [1.82, 2.24) is 0 Å². The summed E-state index contributed by atoms with van der Waals surface area (Å²) in [6.07, 6.45) is 0. The summed E-state index contributed by atoms with van der Waals surface area (Å²) in [4.78, 5) is 0. The highest BCUT2D eigenvalue weighted by molar-refractivity contribution is 7.79. The van der Waals surface area contributed by atoms with E-state index < -0.39 is 7.92 Å². The summed E-state index contributed by atoms with van der Waals surface area (Å²) in [5, 5.41) is 14.4. The Hall–Kier alpha value is -7.11. The van der Waals surface area contributed by atoms with Crippen LogP contribution in [-0.4, -0.2) is 0 Å². The van der Waals surface area contributed by atoms with Gasteiger partial charge in [-0.3, -0.25) is 0 Å². The third-order valence-corrected chi connectivity index (χ3v) is 14.8. The molecule has 0 fully saturated rings. The summed E-state index contributed by atoms with van der Waals surface area (Å²) in [7, 11) is -0.673. The smallest absolute Gasteiger partial charge is 0.000741 e. The van der Waals surface area contributed by atoms with E-state index >= 15 is 0 Å². The molecule has 0 heterocycles. The van der Waals surface area contributed by atoms with E-state index in [0.717, 1.165) is 0 Å². The van der Waals surface area contributed by atoms with E-state index in [9.17, 15) is 0 Å². The molecule has 0 nitrogen and oxygen atoms in total. The van der Waals surface area contributed by atoms with Gasteiger partial charge in [-0.25, -0.2) is 0 Å². The Bertz CT molecular complexity index is 3280. The van der Waals surface area contributed by atoms with Crippen LogP contribution in [0.15, 0.2) is 224 Å². The van der Waals surface area contributed by atoms with Crippen molar-refractivity contribution in [2.75, 3.05) is 0 Å². The predicted molar refractivity (Wildman–Crippen MR) is 256 cm³/mol. The van der Waals surface area contributed by atoms with E-state index in [0.29, 0.717) is 0 Å². The van der Waals surface area contributed by atoms with Gasteiger partial charge in [0, 0.05) is 0 Å². The minimum Gasteiger partial charge on any atom is -0.0622 e. The van der Waals surface area contributed by atoms with Crippen LogP contribution in [0, 0.1) is 0 Å². The molecule has 0 saturated carbocycles. The normalized spacial score (nSPS) is 11.9. The highest BCUT2D eigenvalue weighted by atomic mass is 31.1. The molecule has 0 N–H and O–H groups in total. The fourth-order valence-electron chi connectivity index (χ4n) is 9.83. The monoisotopic (exact) mass is 764 g/mol. The van der Waals surface area contributed by atoms with Crippen molar-refractivity contribution in [2.45, 2.75) is 0 Å². The molecular weight excluding hydrogens is 728 g/mol. The predicted octanol–water partition coefficient (Wildman–Crippen LogP) is 14.7. The average Bonchev–Trinajstić information content (AvgIpc) is 3.64. The first kappa shape index (κ1) is 34.0. The Morgan fingerprint density at radius 1 is 0.237 bits per heavy atom. The number of benzene rings is 11. The summed E-state index contributed by atoms with van der Waals surface area (Å²) in [5.41, 5.74) is 12.9. The molecule has 0 atom stereocenters. The lowest BCUT2D eigenvalue weighted by molar-refractivity contribution is 1.62. The van der Waals surface area contributed by atoms with Crippen LogP contribution < -0.4 is 15.9 Å². The van der Waals surface area contributed by atoms with Crippen LogP contribution in [0.2, 0.25) is 0 Å². The lowest BCUT2D eigenvalue weighted by atomic mass is 9.82. The fourth-order valence-corrected chi connectivity index (χ4v) is 12.2. The lowest BCUT2D eigenvalue weighted by Gasteiger charge is -2.20. The van der Waals surface area contributed by atoms with E-state index in [1.807, 2.05) is 0 Å². The molecule has 11 aromatic rings. The van der Waals surface area contributed by atoms with Crippen LogP contribution in [0.4, 0.5) is 0 Å². The quantitative estimate of drug-likeness (QED) is 0.117. The van der Waals surface area contributed by atoms with Gasteiger partial charge in [0.15, 0.2) is 0 Å². The van der Waals surface area contributed by atoms with Crippen LogP contribution in [-0.2, 0) is 0 Å². The van der Waals surface area contributed by atoms with Gasteiger partial charge in [-0.05, 0) is 135 Å². The lowest BCUT2D eigenvalue weighted by Crippen LogP contribution is -2.20. The van der Waals surface area contributed by atoms with Crippen LogP contribution >= 0.6 is 7.92 Å². The van der Waals surface area contributed by atoms with Crippen molar-refractivity contribution in [3.05, 3.63) is 224 Å². The standard InChI is InChI=1S/C58H37P/c1-5-16-38(17-6-1)54-50-24-13-14-25-51(50)55(39-18-7-2-8-19-39)58-53-35-34-48(49-26-15-27-52(56(49)53)57(54)58)41-30-32-46-40(36-41)28-29-42-37-45(31-33-47(42)46)59(43-20-9-3-10-21-43)44-22-11-4-12-23-44/h1-37H. The third-order valence-electron chi connectivity index (χ3n) is 12.3. The fraction of sp³-hybridized carbons (Fsp3) is 0. The summed E-state index contributed by atoms with van der Waals surface area (Å²) >= 11 is 0. The molecule has 11 aromatic carbocycles. The van der Waals surface area contributed by atoms with Crippen LogP contribution in [0.3, 0.4) is 0 Å². The molecule has 12 rings (SSSR count). The van der Waals surface area contributed by atoms with Gasteiger partial charge in [-0.15, -0.1) is 0 Å². The molecule has 0 unspecified atom stereocenters. The molecule has 274 valence electrons. The molecular formula is C58H37P.